The van der Waals surface area contributed by atoms with Crippen LogP contribution in [0.2, 0.25) is 10.0 Å². The number of rotatable bonds is 6. The number of nitrogens with zero attached hydrogens (tertiary/aromatic N) is 4. The first-order chi connectivity index (χ1) is 19.1. The van der Waals surface area contributed by atoms with Crippen molar-refractivity contribution >= 4 is 51.9 Å². The van der Waals surface area contributed by atoms with E-state index in [1.165, 1.54) is 23.7 Å². The van der Waals surface area contributed by atoms with E-state index in [0.717, 1.165) is 11.1 Å². The molecule has 40 heavy (non-hydrogen) atoms. The number of carboxylic acid groups (broad SMARTS) is 2. The monoisotopic (exact) mass is 580 g/mol. The van der Waals surface area contributed by atoms with E-state index in [1.54, 1.807) is 0 Å². The van der Waals surface area contributed by atoms with E-state index in [2.05, 4.69) is 9.88 Å². The average Bonchev–Trinajstić information content (AvgIpc) is 2.93. The lowest BCUT2D eigenvalue weighted by molar-refractivity contribution is 0.0683. The number of aryl methyl sites for hydroxylation is 1. The average molecular weight is 581 g/mol. The predicted octanol–water partition coefficient (Wildman–Crippen LogP) is 4.94. The first-order valence-electron chi connectivity index (χ1n) is 12.6. The van der Waals surface area contributed by atoms with Crippen molar-refractivity contribution < 1.29 is 19.8 Å². The molecule has 1 saturated heterocycles. The Morgan fingerprint density at radius 2 is 1.48 bits per heavy atom. The van der Waals surface area contributed by atoms with Gasteiger partial charge < -0.3 is 19.7 Å². The van der Waals surface area contributed by atoms with Crippen LogP contribution in [0.5, 0.6) is 0 Å². The first-order valence-corrected chi connectivity index (χ1v) is 13.3. The van der Waals surface area contributed by atoms with Gasteiger partial charge in [-0.1, -0.05) is 47.5 Å². The van der Waals surface area contributed by atoms with Gasteiger partial charge in [-0.05, 0) is 54.4 Å². The number of carbonyl (C=O) groups is 2. The molecule has 9 nitrogen and oxygen atoms in total. The lowest BCUT2D eigenvalue weighted by Crippen LogP contribution is -2.54. The second kappa shape index (κ2) is 10.9. The maximum absolute atomic E-state index is 13.2. The lowest BCUT2D eigenvalue weighted by atomic mass is 9.94. The van der Waals surface area contributed by atoms with Gasteiger partial charge in [0.25, 0.3) is 5.56 Å². The molecular formula is C29H26Cl2N4O5. The van der Waals surface area contributed by atoms with Gasteiger partial charge in [-0.3, -0.25) is 9.69 Å². The standard InChI is InChI=1S/C29H26Cl2N4O5/c1-16-15-34(26-23(29(39)40)27(36)33(2)22-12-11-21(28(37)38)32-24(22)26)13-14-35(16)25(17-3-7-19(30)8-4-17)18-5-9-20(31)10-6-18/h3-12,16,25H,13-15H2,1-2H3,(H,37,38)(H,39,40)/t16-/m1/s1. The van der Waals surface area contributed by atoms with Gasteiger partial charge >= 0.3 is 11.9 Å². The normalized spacial score (nSPS) is 16.0. The van der Waals surface area contributed by atoms with Crippen molar-refractivity contribution in [2.75, 3.05) is 24.5 Å². The molecule has 206 valence electrons. The molecule has 0 unspecified atom stereocenters. The van der Waals surface area contributed by atoms with Crippen LogP contribution in [0.25, 0.3) is 11.0 Å². The molecule has 0 saturated carbocycles. The van der Waals surface area contributed by atoms with Crippen LogP contribution in [-0.2, 0) is 7.05 Å². The molecule has 2 aromatic carbocycles. The maximum atomic E-state index is 13.2. The molecule has 0 aliphatic carbocycles. The summed E-state index contributed by atoms with van der Waals surface area (Å²) in [7, 11) is 1.45. The third kappa shape index (κ3) is 5.03. The predicted molar refractivity (Wildman–Crippen MR) is 154 cm³/mol. The highest BCUT2D eigenvalue weighted by Gasteiger charge is 2.35. The van der Waals surface area contributed by atoms with Crippen molar-refractivity contribution in [2.45, 2.75) is 19.0 Å². The third-order valence-electron chi connectivity index (χ3n) is 7.35. The number of hydrogen-bond donors (Lipinski definition) is 2. The number of fused-ring (bicyclic) bond motifs is 1. The minimum absolute atomic E-state index is 0.103. The molecule has 2 N–H and O–H groups in total. The maximum Gasteiger partial charge on any atom is 0.354 e. The molecule has 1 atom stereocenters. The van der Waals surface area contributed by atoms with Gasteiger partial charge in [-0.15, -0.1) is 0 Å². The highest BCUT2D eigenvalue weighted by atomic mass is 35.5. The van der Waals surface area contributed by atoms with Crippen LogP contribution in [0.4, 0.5) is 5.69 Å². The molecule has 0 spiro atoms. The van der Waals surface area contributed by atoms with Gasteiger partial charge in [0.2, 0.25) is 0 Å². The fourth-order valence-corrected chi connectivity index (χ4v) is 5.69. The van der Waals surface area contributed by atoms with E-state index in [-0.39, 0.29) is 29.0 Å². The Kier molecular flexibility index (Phi) is 7.55. The summed E-state index contributed by atoms with van der Waals surface area (Å²) in [5.41, 5.74) is 1.36. The molecule has 2 aromatic heterocycles. The fourth-order valence-electron chi connectivity index (χ4n) is 5.44. The van der Waals surface area contributed by atoms with Crippen LogP contribution < -0.4 is 10.5 Å². The van der Waals surface area contributed by atoms with Gasteiger partial charge in [-0.2, -0.15) is 0 Å². The zero-order valence-electron chi connectivity index (χ0n) is 21.7. The van der Waals surface area contributed by atoms with Crippen LogP contribution in [0.1, 0.15) is 44.9 Å². The topological polar surface area (TPSA) is 116 Å². The van der Waals surface area contributed by atoms with Gasteiger partial charge in [0.15, 0.2) is 5.56 Å². The minimum atomic E-state index is -1.39. The zero-order valence-corrected chi connectivity index (χ0v) is 23.2. The van der Waals surface area contributed by atoms with Crippen molar-refractivity contribution in [3.8, 4) is 0 Å². The molecule has 5 rings (SSSR count). The number of aromatic carboxylic acids is 2. The summed E-state index contributed by atoms with van der Waals surface area (Å²) in [6.45, 7) is 3.30. The van der Waals surface area contributed by atoms with E-state index >= 15 is 0 Å². The molecule has 0 amide bonds. The summed E-state index contributed by atoms with van der Waals surface area (Å²) in [6, 6.07) is 17.9. The molecule has 0 radical (unpaired) electrons. The summed E-state index contributed by atoms with van der Waals surface area (Å²) < 4.78 is 1.19. The first kappa shape index (κ1) is 27.6. The summed E-state index contributed by atoms with van der Waals surface area (Å²) in [5, 5.41) is 20.9. The molecule has 11 heteroatoms. The Labute approximate surface area is 239 Å². The molecular weight excluding hydrogens is 555 g/mol. The zero-order chi connectivity index (χ0) is 28.7. The van der Waals surface area contributed by atoms with Crippen LogP contribution >= 0.6 is 23.2 Å². The number of hydrogen-bond acceptors (Lipinski definition) is 6. The molecule has 1 aliphatic heterocycles. The van der Waals surface area contributed by atoms with Crippen molar-refractivity contribution in [1.29, 1.82) is 0 Å². The number of pyridine rings is 2. The van der Waals surface area contributed by atoms with E-state index < -0.39 is 23.1 Å². The number of benzene rings is 2. The largest absolute Gasteiger partial charge is 0.477 e. The highest BCUT2D eigenvalue weighted by molar-refractivity contribution is 6.30. The van der Waals surface area contributed by atoms with E-state index in [4.69, 9.17) is 23.2 Å². The summed E-state index contributed by atoms with van der Waals surface area (Å²) >= 11 is 12.3. The van der Waals surface area contributed by atoms with Crippen LogP contribution in [0.3, 0.4) is 0 Å². The molecule has 3 heterocycles. The Morgan fingerprint density at radius 1 is 0.900 bits per heavy atom. The van der Waals surface area contributed by atoms with Crippen LogP contribution in [-0.4, -0.2) is 62.3 Å². The minimum Gasteiger partial charge on any atom is -0.477 e. The van der Waals surface area contributed by atoms with Gasteiger partial charge in [0, 0.05) is 42.8 Å². The molecule has 1 fully saturated rings. The summed E-state index contributed by atoms with van der Waals surface area (Å²) in [6.07, 6.45) is 0. The van der Waals surface area contributed by atoms with E-state index in [1.807, 2.05) is 60.4 Å². The second-order valence-corrected chi connectivity index (χ2v) is 10.7. The Morgan fingerprint density at radius 3 is 1.98 bits per heavy atom. The van der Waals surface area contributed by atoms with Gasteiger partial charge in [0.1, 0.15) is 11.2 Å². The Balaban J connectivity index is 1.59. The van der Waals surface area contributed by atoms with Crippen LogP contribution in [0, 0.1) is 0 Å². The van der Waals surface area contributed by atoms with E-state index in [0.29, 0.717) is 35.2 Å². The van der Waals surface area contributed by atoms with Crippen molar-refractivity contribution in [3.63, 3.8) is 0 Å². The molecule has 0 bridgehead atoms. The number of aromatic nitrogens is 2. The van der Waals surface area contributed by atoms with Crippen molar-refractivity contribution in [1.82, 2.24) is 14.5 Å². The number of piperazine rings is 1. The van der Waals surface area contributed by atoms with Gasteiger partial charge in [0.05, 0.1) is 17.2 Å². The fraction of sp³-hybridized carbons (Fsp3) is 0.241. The third-order valence-corrected chi connectivity index (χ3v) is 7.85. The summed E-state index contributed by atoms with van der Waals surface area (Å²) in [4.78, 5) is 45.6. The highest BCUT2D eigenvalue weighted by Crippen LogP contribution is 2.36. The number of carboxylic acids is 2. The SMILES string of the molecule is C[C@@H]1CN(c2c(C(=O)O)c(=O)n(C)c3ccc(C(=O)O)nc23)CCN1C(c1ccc(Cl)cc1)c1ccc(Cl)cc1. The van der Waals surface area contributed by atoms with E-state index in [9.17, 15) is 24.6 Å². The van der Waals surface area contributed by atoms with Crippen LogP contribution in [0.15, 0.2) is 65.5 Å². The number of halogens is 2. The van der Waals surface area contributed by atoms with Gasteiger partial charge in [-0.25, -0.2) is 14.6 Å². The Hall–Kier alpha value is -3.92. The Bertz CT molecular complexity index is 1630. The number of anilines is 1. The second-order valence-electron chi connectivity index (χ2n) is 9.80. The lowest BCUT2D eigenvalue weighted by Gasteiger charge is -2.45. The van der Waals surface area contributed by atoms with Crippen molar-refractivity contribution in [2.24, 2.45) is 7.05 Å². The smallest absolute Gasteiger partial charge is 0.354 e. The van der Waals surface area contributed by atoms with Crippen molar-refractivity contribution in [3.05, 3.63) is 103 Å². The molecule has 4 aromatic rings. The molecule has 1 aliphatic rings. The summed E-state index contributed by atoms with van der Waals surface area (Å²) in [5.74, 6) is -2.64. The quantitative estimate of drug-likeness (QED) is 0.329.